The minimum atomic E-state index is -0.555. The highest BCUT2D eigenvalue weighted by molar-refractivity contribution is 6.05. The molecule has 3 aliphatic rings. The molecular weight excluding hydrogens is 394 g/mol. The number of amides is 3. The maximum Gasteiger partial charge on any atom is 0.255 e. The number of fused-ring (bicyclic) bond motifs is 1. The molecule has 0 spiro atoms. The van der Waals surface area contributed by atoms with Crippen LogP contribution in [-0.4, -0.2) is 72.8 Å². The molecule has 0 radical (unpaired) electrons. The normalized spacial score (nSPS) is 22.0. The van der Waals surface area contributed by atoms with Crippen LogP contribution in [-0.2, 0) is 22.7 Å². The molecule has 8 nitrogen and oxygen atoms in total. The van der Waals surface area contributed by atoms with Gasteiger partial charge in [0.15, 0.2) is 0 Å². The van der Waals surface area contributed by atoms with Crippen LogP contribution >= 0.6 is 0 Å². The smallest absolute Gasteiger partial charge is 0.255 e. The number of benzene rings is 1. The summed E-state index contributed by atoms with van der Waals surface area (Å²) < 4.78 is 0. The van der Waals surface area contributed by atoms with Crippen molar-refractivity contribution in [3.8, 4) is 0 Å². The number of piperidine rings is 1. The minimum absolute atomic E-state index is 0.112. The molecule has 2 fully saturated rings. The summed E-state index contributed by atoms with van der Waals surface area (Å²) in [5.41, 5.74) is 2.71. The lowest BCUT2D eigenvalue weighted by atomic mass is 10.0. The van der Waals surface area contributed by atoms with Gasteiger partial charge in [-0.1, -0.05) is 18.6 Å². The second-order valence-electron chi connectivity index (χ2n) is 8.72. The molecule has 3 aliphatic heterocycles. The lowest BCUT2D eigenvalue weighted by Crippen LogP contribution is -2.52. The van der Waals surface area contributed by atoms with E-state index in [9.17, 15) is 14.4 Å². The van der Waals surface area contributed by atoms with Crippen molar-refractivity contribution < 1.29 is 14.4 Å². The summed E-state index contributed by atoms with van der Waals surface area (Å²) in [4.78, 5) is 40.6. The van der Waals surface area contributed by atoms with Gasteiger partial charge in [-0.25, -0.2) is 0 Å². The van der Waals surface area contributed by atoms with E-state index in [4.69, 9.17) is 0 Å². The molecule has 0 aromatic heterocycles. The lowest BCUT2D eigenvalue weighted by molar-refractivity contribution is -0.136. The molecule has 1 atom stereocenters. The molecule has 1 unspecified atom stereocenters. The van der Waals surface area contributed by atoms with Gasteiger partial charge in [0.05, 0.1) is 0 Å². The van der Waals surface area contributed by atoms with Crippen LogP contribution in [0.2, 0.25) is 0 Å². The fraction of sp³-hybridized carbons (Fsp3) is 0.609. The number of hydrogen-bond acceptors (Lipinski definition) is 6. The molecule has 1 aromatic rings. The van der Waals surface area contributed by atoms with Crippen molar-refractivity contribution >= 4 is 17.7 Å². The largest absolute Gasteiger partial charge is 0.322 e. The van der Waals surface area contributed by atoms with Crippen LogP contribution in [0.15, 0.2) is 18.2 Å². The fourth-order valence-corrected chi connectivity index (χ4v) is 4.64. The van der Waals surface area contributed by atoms with Crippen LogP contribution in [0.5, 0.6) is 0 Å². The predicted molar refractivity (Wildman–Crippen MR) is 117 cm³/mol. The number of nitrogens with one attached hydrogen (secondary N) is 3. The number of nitrogens with zero attached hydrogens (tertiary/aromatic N) is 2. The van der Waals surface area contributed by atoms with E-state index < -0.39 is 6.04 Å². The summed E-state index contributed by atoms with van der Waals surface area (Å²) in [5, 5.41) is 9.21. The van der Waals surface area contributed by atoms with Crippen LogP contribution in [0, 0.1) is 0 Å². The van der Waals surface area contributed by atoms with Crippen LogP contribution in [0.1, 0.15) is 53.6 Å². The molecule has 3 amide bonds. The van der Waals surface area contributed by atoms with E-state index in [1.165, 1.54) is 19.4 Å². The van der Waals surface area contributed by atoms with Crippen LogP contribution in [0.25, 0.3) is 0 Å². The molecule has 4 rings (SSSR count). The Morgan fingerprint density at radius 3 is 2.71 bits per heavy atom. The average Bonchev–Trinajstić information content (AvgIpc) is 3.09. The molecule has 8 heteroatoms. The number of unbranched alkanes of at least 4 members (excludes halogenated alkanes) is 2. The summed E-state index contributed by atoms with van der Waals surface area (Å²) in [7, 11) is 0. The van der Waals surface area contributed by atoms with E-state index in [2.05, 4.69) is 26.9 Å². The van der Waals surface area contributed by atoms with Crippen molar-refractivity contribution in [1.29, 1.82) is 0 Å². The van der Waals surface area contributed by atoms with Gasteiger partial charge < -0.3 is 20.4 Å². The highest BCUT2D eigenvalue weighted by atomic mass is 16.2. The first-order chi connectivity index (χ1) is 15.1. The van der Waals surface area contributed by atoms with Gasteiger partial charge in [0.1, 0.15) is 6.04 Å². The third-order valence-corrected chi connectivity index (χ3v) is 6.46. The molecular formula is C23H33N5O3. The number of carbonyl (C=O) groups excluding carboxylic acids is 3. The third-order valence-electron chi connectivity index (χ3n) is 6.46. The van der Waals surface area contributed by atoms with Crippen molar-refractivity contribution in [3.63, 3.8) is 0 Å². The molecule has 168 valence electrons. The van der Waals surface area contributed by atoms with Gasteiger partial charge >= 0.3 is 0 Å². The van der Waals surface area contributed by atoms with Crippen molar-refractivity contribution in [2.45, 2.75) is 51.2 Å². The first-order valence-electron chi connectivity index (χ1n) is 11.5. The van der Waals surface area contributed by atoms with Crippen molar-refractivity contribution in [1.82, 2.24) is 25.8 Å². The van der Waals surface area contributed by atoms with Gasteiger partial charge in [-0.05, 0) is 49.5 Å². The molecule has 31 heavy (non-hydrogen) atoms. The van der Waals surface area contributed by atoms with Gasteiger partial charge in [0.2, 0.25) is 11.8 Å². The van der Waals surface area contributed by atoms with Gasteiger partial charge in [0, 0.05) is 51.3 Å². The van der Waals surface area contributed by atoms with E-state index in [0.717, 1.165) is 56.8 Å². The number of hydrogen-bond donors (Lipinski definition) is 3. The number of imide groups is 1. The Bertz CT molecular complexity index is 821. The van der Waals surface area contributed by atoms with Crippen LogP contribution in [0.4, 0.5) is 0 Å². The van der Waals surface area contributed by atoms with Gasteiger partial charge in [-0.3, -0.25) is 19.7 Å². The Morgan fingerprint density at radius 2 is 1.90 bits per heavy atom. The summed E-state index contributed by atoms with van der Waals surface area (Å²) >= 11 is 0. The van der Waals surface area contributed by atoms with Crippen molar-refractivity contribution in [3.05, 3.63) is 34.9 Å². The van der Waals surface area contributed by atoms with Gasteiger partial charge in [0.25, 0.3) is 5.91 Å². The van der Waals surface area contributed by atoms with E-state index in [1.807, 2.05) is 12.1 Å². The molecule has 1 aromatic carbocycles. The second kappa shape index (κ2) is 10.3. The zero-order valence-corrected chi connectivity index (χ0v) is 18.1. The average molecular weight is 428 g/mol. The van der Waals surface area contributed by atoms with Crippen LogP contribution < -0.4 is 16.0 Å². The quantitative estimate of drug-likeness (QED) is 0.395. The summed E-state index contributed by atoms with van der Waals surface area (Å²) in [6.07, 6.45) is 4.29. The number of carbonyl (C=O) groups is 3. The maximum absolute atomic E-state index is 12.9. The maximum atomic E-state index is 12.9. The Kier molecular flexibility index (Phi) is 7.32. The zero-order valence-electron chi connectivity index (χ0n) is 18.1. The Morgan fingerprint density at radius 1 is 1.06 bits per heavy atom. The first-order valence-corrected chi connectivity index (χ1v) is 11.5. The Labute approximate surface area is 183 Å². The summed E-state index contributed by atoms with van der Waals surface area (Å²) in [6, 6.07) is 5.43. The van der Waals surface area contributed by atoms with Gasteiger partial charge in [-0.15, -0.1) is 0 Å². The molecule has 3 N–H and O–H groups in total. The highest BCUT2D eigenvalue weighted by Crippen LogP contribution is 2.28. The number of rotatable bonds is 9. The minimum Gasteiger partial charge on any atom is -0.322 e. The fourth-order valence-electron chi connectivity index (χ4n) is 4.64. The molecule has 3 heterocycles. The molecule has 0 bridgehead atoms. The predicted octanol–water partition coefficient (Wildman–Crippen LogP) is 0.613. The summed E-state index contributed by atoms with van der Waals surface area (Å²) in [5.74, 6) is -0.738. The van der Waals surface area contributed by atoms with Crippen molar-refractivity contribution in [2.24, 2.45) is 0 Å². The van der Waals surface area contributed by atoms with Crippen LogP contribution in [0.3, 0.4) is 0 Å². The molecule has 0 saturated carbocycles. The van der Waals surface area contributed by atoms with E-state index >= 15 is 0 Å². The van der Waals surface area contributed by atoms with E-state index in [1.54, 1.807) is 4.90 Å². The van der Waals surface area contributed by atoms with E-state index in [0.29, 0.717) is 18.5 Å². The highest BCUT2D eigenvalue weighted by Gasteiger charge is 2.39. The monoisotopic (exact) mass is 427 g/mol. The topological polar surface area (TPSA) is 93.8 Å². The standard InChI is InChI=1S/C23H33N5O3/c29-21-7-6-20(22(30)26-21)28-16-18-5-4-17(14-19(18)23(28)31)15-25-8-2-1-3-11-27-12-9-24-10-13-27/h4-5,14,20,24-25H,1-3,6-13,15-16H2,(H,26,29,30). The van der Waals surface area contributed by atoms with Gasteiger partial charge in [-0.2, -0.15) is 0 Å². The first kappa shape index (κ1) is 21.9. The van der Waals surface area contributed by atoms with Crippen molar-refractivity contribution in [2.75, 3.05) is 39.3 Å². The Balaban J connectivity index is 1.19. The molecule has 0 aliphatic carbocycles. The SMILES string of the molecule is O=C1CCC(N2Cc3ccc(CNCCCCCN4CCNCC4)cc3C2=O)C(=O)N1. The number of piperazine rings is 1. The lowest BCUT2D eigenvalue weighted by Gasteiger charge is -2.29. The second-order valence-corrected chi connectivity index (χ2v) is 8.72. The Hall–Kier alpha value is -2.29. The summed E-state index contributed by atoms with van der Waals surface area (Å²) in [6.45, 7) is 7.87. The third kappa shape index (κ3) is 5.50. The molecule has 2 saturated heterocycles. The zero-order chi connectivity index (χ0) is 21.6. The van der Waals surface area contributed by atoms with E-state index in [-0.39, 0.29) is 24.1 Å².